The first kappa shape index (κ1) is 18.9. The van der Waals surface area contributed by atoms with Crippen LogP contribution in [0.5, 0.6) is 0 Å². The summed E-state index contributed by atoms with van der Waals surface area (Å²) >= 11 is 12.3. The molecule has 0 aromatic heterocycles. The van der Waals surface area contributed by atoms with Gasteiger partial charge in [-0.15, -0.1) is 0 Å². The average Bonchev–Trinajstić information content (AvgIpc) is 2.68. The first-order valence-corrected chi connectivity index (χ1v) is 9.66. The monoisotopic (exact) mass is 391 g/mol. The number of benzene rings is 2. The molecule has 1 aliphatic heterocycles. The number of anilines is 1. The van der Waals surface area contributed by atoms with Crippen LogP contribution in [-0.2, 0) is 6.42 Å². The van der Waals surface area contributed by atoms with Crippen molar-refractivity contribution in [3.05, 3.63) is 64.1 Å². The van der Waals surface area contributed by atoms with Gasteiger partial charge in [0.25, 0.3) is 0 Å². The zero-order valence-electron chi connectivity index (χ0n) is 14.6. The molecule has 26 heavy (non-hydrogen) atoms. The molecule has 1 heterocycles. The Hall–Kier alpha value is -1.91. The van der Waals surface area contributed by atoms with Crippen molar-refractivity contribution >= 4 is 34.9 Å². The number of aryl methyl sites for hydroxylation is 1. The molecule has 3 rings (SSSR count). The summed E-state index contributed by atoms with van der Waals surface area (Å²) in [6.07, 6.45) is 1.91. The minimum atomic E-state index is 0.00917. The predicted octanol–water partition coefficient (Wildman–Crippen LogP) is 4.46. The van der Waals surface area contributed by atoms with Crippen LogP contribution in [0.25, 0.3) is 0 Å². The molecule has 1 fully saturated rings. The lowest BCUT2D eigenvalue weighted by atomic mass is 10.1. The summed E-state index contributed by atoms with van der Waals surface area (Å²) in [5.41, 5.74) is 2.23. The molecule has 0 radical (unpaired) electrons. The van der Waals surface area contributed by atoms with E-state index in [9.17, 15) is 4.79 Å². The molecule has 1 saturated heterocycles. The summed E-state index contributed by atoms with van der Waals surface area (Å²) in [6.45, 7) is 3.53. The molecular formula is C20H23Cl2N3O. The minimum absolute atomic E-state index is 0.00917. The Morgan fingerprint density at radius 2 is 1.73 bits per heavy atom. The first-order chi connectivity index (χ1) is 12.6. The van der Waals surface area contributed by atoms with Crippen molar-refractivity contribution in [3.8, 4) is 0 Å². The van der Waals surface area contributed by atoms with Crippen LogP contribution in [0.2, 0.25) is 10.0 Å². The van der Waals surface area contributed by atoms with Gasteiger partial charge in [-0.3, -0.25) is 0 Å². The molecule has 138 valence electrons. The molecule has 2 aromatic rings. The van der Waals surface area contributed by atoms with Crippen LogP contribution in [0.1, 0.15) is 12.0 Å². The van der Waals surface area contributed by atoms with Gasteiger partial charge in [-0.05, 0) is 36.6 Å². The zero-order chi connectivity index (χ0) is 18.4. The molecular weight excluding hydrogens is 369 g/mol. The normalized spacial score (nSPS) is 14.4. The summed E-state index contributed by atoms with van der Waals surface area (Å²) in [5, 5.41) is 4.38. The number of piperazine rings is 1. The van der Waals surface area contributed by atoms with Crippen molar-refractivity contribution in [1.29, 1.82) is 0 Å². The Bertz CT molecular complexity index is 731. The lowest BCUT2D eigenvalue weighted by molar-refractivity contribution is 0.194. The fraction of sp³-hybridized carbons (Fsp3) is 0.350. The van der Waals surface area contributed by atoms with Gasteiger partial charge in [0, 0.05) is 37.7 Å². The minimum Gasteiger partial charge on any atom is -0.367 e. The quantitative estimate of drug-likeness (QED) is 0.763. The molecule has 1 aliphatic rings. The maximum atomic E-state index is 12.3. The molecule has 2 aromatic carbocycles. The van der Waals surface area contributed by atoms with Crippen LogP contribution in [-0.4, -0.2) is 43.7 Å². The number of nitrogens with zero attached hydrogens (tertiary/aromatic N) is 2. The SMILES string of the molecule is O=C(NCCCc1ccccc1)N1CCN(c2cc(Cl)ccc2Cl)CC1. The van der Waals surface area contributed by atoms with Crippen molar-refractivity contribution in [2.24, 2.45) is 0 Å². The third kappa shape index (κ3) is 5.05. The third-order valence-electron chi connectivity index (χ3n) is 4.58. The van der Waals surface area contributed by atoms with Gasteiger partial charge < -0.3 is 15.1 Å². The second-order valence-electron chi connectivity index (χ2n) is 6.39. The lowest BCUT2D eigenvalue weighted by Gasteiger charge is -2.36. The Kier molecular flexibility index (Phi) is 6.64. The van der Waals surface area contributed by atoms with Gasteiger partial charge in [-0.2, -0.15) is 0 Å². The molecule has 0 bridgehead atoms. The van der Waals surface area contributed by atoms with E-state index in [-0.39, 0.29) is 6.03 Å². The molecule has 2 amide bonds. The van der Waals surface area contributed by atoms with E-state index in [2.05, 4.69) is 22.3 Å². The van der Waals surface area contributed by atoms with E-state index in [0.717, 1.165) is 31.6 Å². The van der Waals surface area contributed by atoms with E-state index in [1.165, 1.54) is 5.56 Å². The van der Waals surface area contributed by atoms with E-state index in [1.807, 2.05) is 35.2 Å². The van der Waals surface area contributed by atoms with E-state index in [4.69, 9.17) is 23.2 Å². The van der Waals surface area contributed by atoms with Gasteiger partial charge >= 0.3 is 6.03 Å². The Labute approximate surface area is 164 Å². The van der Waals surface area contributed by atoms with Crippen LogP contribution >= 0.6 is 23.2 Å². The van der Waals surface area contributed by atoms with Crippen LogP contribution in [0, 0.1) is 0 Å². The molecule has 1 N–H and O–H groups in total. The van der Waals surface area contributed by atoms with Gasteiger partial charge in [0.15, 0.2) is 0 Å². The maximum absolute atomic E-state index is 12.3. The average molecular weight is 392 g/mol. The highest BCUT2D eigenvalue weighted by Crippen LogP contribution is 2.29. The maximum Gasteiger partial charge on any atom is 0.317 e. The van der Waals surface area contributed by atoms with Gasteiger partial charge in [0.05, 0.1) is 10.7 Å². The number of carbonyl (C=O) groups is 1. The second-order valence-corrected chi connectivity index (χ2v) is 7.23. The molecule has 0 saturated carbocycles. The number of amides is 2. The molecule has 4 nitrogen and oxygen atoms in total. The van der Waals surface area contributed by atoms with Crippen LogP contribution in [0.3, 0.4) is 0 Å². The first-order valence-electron chi connectivity index (χ1n) is 8.90. The fourth-order valence-electron chi connectivity index (χ4n) is 3.12. The number of urea groups is 1. The van der Waals surface area contributed by atoms with Crippen molar-refractivity contribution in [2.75, 3.05) is 37.6 Å². The van der Waals surface area contributed by atoms with Crippen molar-refractivity contribution in [1.82, 2.24) is 10.2 Å². The van der Waals surface area contributed by atoms with E-state index < -0.39 is 0 Å². The van der Waals surface area contributed by atoms with Crippen LogP contribution < -0.4 is 10.2 Å². The highest BCUT2D eigenvalue weighted by molar-refractivity contribution is 6.35. The summed E-state index contributed by atoms with van der Waals surface area (Å²) in [4.78, 5) is 16.4. The molecule has 0 spiro atoms. The molecule has 6 heteroatoms. The van der Waals surface area contributed by atoms with Crippen molar-refractivity contribution in [3.63, 3.8) is 0 Å². The van der Waals surface area contributed by atoms with Gasteiger partial charge in [0.1, 0.15) is 0 Å². The Balaban J connectivity index is 1.41. The highest BCUT2D eigenvalue weighted by Gasteiger charge is 2.22. The molecule has 0 unspecified atom stereocenters. The summed E-state index contributed by atoms with van der Waals surface area (Å²) < 4.78 is 0. The summed E-state index contributed by atoms with van der Waals surface area (Å²) in [7, 11) is 0. The Morgan fingerprint density at radius 3 is 2.46 bits per heavy atom. The van der Waals surface area contributed by atoms with Gasteiger partial charge in [-0.1, -0.05) is 53.5 Å². The van der Waals surface area contributed by atoms with E-state index >= 15 is 0 Å². The largest absolute Gasteiger partial charge is 0.367 e. The Morgan fingerprint density at radius 1 is 1.00 bits per heavy atom. The van der Waals surface area contributed by atoms with E-state index in [0.29, 0.717) is 29.7 Å². The van der Waals surface area contributed by atoms with Gasteiger partial charge in [0.2, 0.25) is 0 Å². The lowest BCUT2D eigenvalue weighted by Crippen LogP contribution is -2.52. The number of hydrogen-bond acceptors (Lipinski definition) is 2. The third-order valence-corrected chi connectivity index (χ3v) is 5.13. The molecule has 0 aliphatic carbocycles. The number of halogens is 2. The topological polar surface area (TPSA) is 35.6 Å². The smallest absolute Gasteiger partial charge is 0.317 e. The summed E-state index contributed by atoms with van der Waals surface area (Å²) in [6, 6.07) is 15.8. The van der Waals surface area contributed by atoms with Crippen LogP contribution in [0.4, 0.5) is 10.5 Å². The van der Waals surface area contributed by atoms with Crippen molar-refractivity contribution < 1.29 is 4.79 Å². The zero-order valence-corrected chi connectivity index (χ0v) is 16.1. The molecule has 0 atom stereocenters. The van der Waals surface area contributed by atoms with Crippen LogP contribution in [0.15, 0.2) is 48.5 Å². The van der Waals surface area contributed by atoms with E-state index in [1.54, 1.807) is 6.07 Å². The number of rotatable bonds is 5. The highest BCUT2D eigenvalue weighted by atomic mass is 35.5. The predicted molar refractivity (Wildman–Crippen MR) is 108 cm³/mol. The second kappa shape index (κ2) is 9.15. The van der Waals surface area contributed by atoms with Gasteiger partial charge in [-0.25, -0.2) is 4.79 Å². The number of nitrogens with one attached hydrogen (secondary N) is 1. The number of hydrogen-bond donors (Lipinski definition) is 1. The number of carbonyl (C=O) groups excluding carboxylic acids is 1. The summed E-state index contributed by atoms with van der Waals surface area (Å²) in [5.74, 6) is 0. The standard InChI is InChI=1S/C20H23Cl2N3O/c21-17-8-9-18(22)19(15-17)24-11-13-25(14-12-24)20(26)23-10-4-7-16-5-2-1-3-6-16/h1-3,5-6,8-9,15H,4,7,10-14H2,(H,23,26). The fourth-order valence-corrected chi connectivity index (χ4v) is 3.53. The van der Waals surface area contributed by atoms with Crippen molar-refractivity contribution in [2.45, 2.75) is 12.8 Å².